The molecule has 1 saturated heterocycles. The van der Waals surface area contributed by atoms with Crippen LogP contribution < -0.4 is 9.64 Å². The van der Waals surface area contributed by atoms with E-state index in [1.807, 2.05) is 4.90 Å². The summed E-state index contributed by atoms with van der Waals surface area (Å²) in [5.74, 6) is -0.0676. The molecule has 0 aliphatic carbocycles. The van der Waals surface area contributed by atoms with Crippen LogP contribution in [0.5, 0.6) is 5.75 Å². The second-order valence-electron chi connectivity index (χ2n) is 4.37. The number of nitrogens with one attached hydrogen (secondary N) is 1. The molecule has 0 amide bonds. The van der Waals surface area contributed by atoms with Crippen molar-refractivity contribution < 1.29 is 19.4 Å². The number of aromatic amines is 1. The van der Waals surface area contributed by atoms with E-state index < -0.39 is 5.97 Å². The van der Waals surface area contributed by atoms with Crippen molar-refractivity contribution in [3.63, 3.8) is 0 Å². The minimum absolute atomic E-state index is 0. The maximum absolute atomic E-state index is 11.3. The van der Waals surface area contributed by atoms with Gasteiger partial charge < -0.3 is 19.5 Å². The third-order valence-corrected chi connectivity index (χ3v) is 3.25. The Morgan fingerprint density at radius 3 is 2.81 bits per heavy atom. The molecule has 9 heteroatoms. The average Bonchev–Trinajstić information content (AvgIpc) is 2.95. The molecule has 0 atom stereocenters. The van der Waals surface area contributed by atoms with Gasteiger partial charge in [-0.25, -0.2) is 9.78 Å². The van der Waals surface area contributed by atoms with Crippen LogP contribution in [0.4, 0.5) is 5.82 Å². The molecule has 0 radical (unpaired) electrons. The molecule has 1 aliphatic heterocycles. The van der Waals surface area contributed by atoms with Gasteiger partial charge >= 0.3 is 24.8 Å². The number of aromatic nitrogens is 3. The molecule has 0 saturated carbocycles. The van der Waals surface area contributed by atoms with E-state index in [0.717, 1.165) is 0 Å². The van der Waals surface area contributed by atoms with Crippen LogP contribution in [0.15, 0.2) is 6.20 Å². The third kappa shape index (κ3) is 2.70. The Balaban J connectivity index is 0.00000161. The molecule has 0 unspecified atom stereocenters. The Bertz CT molecular complexity index is 654. The molecule has 0 aromatic carbocycles. The summed E-state index contributed by atoms with van der Waals surface area (Å²) >= 11 is 0. The third-order valence-electron chi connectivity index (χ3n) is 3.25. The van der Waals surface area contributed by atoms with Gasteiger partial charge in [0, 0.05) is 19.3 Å². The van der Waals surface area contributed by atoms with E-state index in [2.05, 4.69) is 15.2 Å². The summed E-state index contributed by atoms with van der Waals surface area (Å²) in [5.41, 5.74) is 0.218. The van der Waals surface area contributed by atoms with Gasteiger partial charge in [-0.1, -0.05) is 0 Å². The molecule has 2 aromatic rings. The Morgan fingerprint density at radius 2 is 2.19 bits per heavy atom. The number of carboxylic acid groups (broad SMARTS) is 1. The molecule has 3 rings (SSSR count). The SMILES string of the molecule is COc1c(N2CCOCC2)nc(C(=O)O)c2n[nH]cc12.[LiH]. The number of fused-ring (bicyclic) bond motifs is 1. The van der Waals surface area contributed by atoms with Gasteiger partial charge in [0.1, 0.15) is 5.52 Å². The Hall–Kier alpha value is -1.75. The fourth-order valence-electron chi connectivity index (χ4n) is 2.31. The number of methoxy groups -OCH3 is 1. The number of anilines is 1. The molecular formula is C12H15LiN4O4. The zero-order chi connectivity index (χ0) is 14.1. The van der Waals surface area contributed by atoms with Crippen LogP contribution in [-0.4, -0.2) is 78.5 Å². The first-order valence-electron chi connectivity index (χ1n) is 6.20. The quantitative estimate of drug-likeness (QED) is 0.757. The van der Waals surface area contributed by atoms with Crippen LogP contribution in [0.25, 0.3) is 10.9 Å². The Kier molecular flexibility index (Phi) is 4.72. The van der Waals surface area contributed by atoms with Crippen molar-refractivity contribution in [2.24, 2.45) is 0 Å². The topological polar surface area (TPSA) is 101 Å². The number of ether oxygens (including phenoxy) is 2. The first kappa shape index (κ1) is 15.6. The number of pyridine rings is 1. The number of nitrogens with zero attached hydrogens (tertiary/aromatic N) is 3. The summed E-state index contributed by atoms with van der Waals surface area (Å²) in [6.07, 6.45) is 1.62. The molecule has 1 aliphatic rings. The average molecular weight is 286 g/mol. The summed E-state index contributed by atoms with van der Waals surface area (Å²) in [6.45, 7) is 2.45. The molecule has 21 heavy (non-hydrogen) atoms. The van der Waals surface area contributed by atoms with E-state index in [4.69, 9.17) is 9.47 Å². The first-order chi connectivity index (χ1) is 9.72. The summed E-state index contributed by atoms with van der Waals surface area (Å²) in [5, 5.41) is 16.5. The fourth-order valence-corrected chi connectivity index (χ4v) is 2.31. The zero-order valence-corrected chi connectivity index (χ0v) is 10.9. The van der Waals surface area contributed by atoms with E-state index in [-0.39, 0.29) is 24.6 Å². The Labute approximate surface area is 132 Å². The van der Waals surface area contributed by atoms with Crippen LogP contribution in [0.3, 0.4) is 0 Å². The molecule has 2 N–H and O–H groups in total. The Morgan fingerprint density at radius 1 is 1.48 bits per heavy atom. The molecule has 1 fully saturated rings. The predicted octanol–water partition coefficient (Wildman–Crippen LogP) is -0.147. The fraction of sp³-hybridized carbons (Fsp3) is 0.417. The van der Waals surface area contributed by atoms with Crippen LogP contribution in [0, 0.1) is 0 Å². The second-order valence-corrected chi connectivity index (χ2v) is 4.37. The van der Waals surface area contributed by atoms with Crippen LogP contribution in [-0.2, 0) is 4.74 Å². The molecule has 0 bridgehead atoms. The van der Waals surface area contributed by atoms with E-state index in [1.54, 1.807) is 6.20 Å². The van der Waals surface area contributed by atoms with Crippen LogP contribution in [0.2, 0.25) is 0 Å². The van der Waals surface area contributed by atoms with Crippen LogP contribution in [0.1, 0.15) is 10.5 Å². The minimum atomic E-state index is -1.11. The number of carboxylic acids is 1. The van der Waals surface area contributed by atoms with E-state index >= 15 is 0 Å². The standard InChI is InChI=1S/C12H14N4O4.Li.H/c1-19-10-7-6-13-15-8(7)9(12(17)18)14-11(10)16-2-4-20-5-3-16;;/h6H,2-5H2,1H3,(H,13,15)(H,17,18);;. The monoisotopic (exact) mass is 286 g/mol. The van der Waals surface area contributed by atoms with Crippen molar-refractivity contribution in [2.75, 3.05) is 38.3 Å². The van der Waals surface area contributed by atoms with Crippen molar-refractivity contribution in [3.05, 3.63) is 11.9 Å². The van der Waals surface area contributed by atoms with E-state index in [9.17, 15) is 9.90 Å². The number of hydrogen-bond donors (Lipinski definition) is 2. The number of hydrogen-bond acceptors (Lipinski definition) is 6. The normalized spacial score (nSPS) is 14.8. The van der Waals surface area contributed by atoms with Crippen molar-refractivity contribution in [1.29, 1.82) is 0 Å². The second kappa shape index (κ2) is 6.35. The predicted molar refractivity (Wildman–Crippen MR) is 77.6 cm³/mol. The number of morpholine rings is 1. The molecule has 8 nitrogen and oxygen atoms in total. The van der Waals surface area contributed by atoms with E-state index in [0.29, 0.717) is 48.8 Å². The van der Waals surface area contributed by atoms with Gasteiger partial charge in [-0.15, -0.1) is 0 Å². The van der Waals surface area contributed by atoms with Gasteiger partial charge in [0.15, 0.2) is 17.3 Å². The van der Waals surface area contributed by atoms with E-state index in [1.165, 1.54) is 7.11 Å². The van der Waals surface area contributed by atoms with Gasteiger partial charge in [0.2, 0.25) is 0 Å². The summed E-state index contributed by atoms with van der Waals surface area (Å²) in [4.78, 5) is 17.5. The van der Waals surface area contributed by atoms with Crippen molar-refractivity contribution in [2.45, 2.75) is 0 Å². The zero-order valence-electron chi connectivity index (χ0n) is 10.9. The molecule has 2 aromatic heterocycles. The van der Waals surface area contributed by atoms with Gasteiger partial charge in [-0.2, -0.15) is 5.10 Å². The van der Waals surface area contributed by atoms with Crippen molar-refractivity contribution in [1.82, 2.24) is 15.2 Å². The molecule has 0 spiro atoms. The number of rotatable bonds is 3. The summed E-state index contributed by atoms with van der Waals surface area (Å²) in [6, 6.07) is 0. The number of carbonyl (C=O) groups is 1. The van der Waals surface area contributed by atoms with Gasteiger partial charge in [0.25, 0.3) is 0 Å². The van der Waals surface area contributed by atoms with Crippen molar-refractivity contribution >= 4 is 41.6 Å². The van der Waals surface area contributed by atoms with Crippen LogP contribution >= 0.6 is 0 Å². The number of aromatic carboxylic acids is 1. The maximum atomic E-state index is 11.3. The summed E-state index contributed by atoms with van der Waals surface area (Å²) in [7, 11) is 1.54. The molecular weight excluding hydrogens is 271 g/mol. The van der Waals surface area contributed by atoms with Crippen molar-refractivity contribution in [3.8, 4) is 5.75 Å². The number of H-pyrrole nitrogens is 1. The van der Waals surface area contributed by atoms with Gasteiger partial charge in [-0.3, -0.25) is 5.10 Å². The molecule has 108 valence electrons. The first-order valence-corrected chi connectivity index (χ1v) is 6.20. The van der Waals surface area contributed by atoms with Gasteiger partial charge in [-0.05, 0) is 0 Å². The molecule has 3 heterocycles. The van der Waals surface area contributed by atoms with Gasteiger partial charge in [0.05, 0.1) is 25.7 Å². The summed E-state index contributed by atoms with van der Waals surface area (Å²) < 4.78 is 10.7.